The molecule has 0 aliphatic rings. The Morgan fingerprint density at radius 3 is 2.73 bits per heavy atom. The minimum Gasteiger partial charge on any atom is -0.468 e. The van der Waals surface area contributed by atoms with Crippen LogP contribution in [0.2, 0.25) is 0 Å². The average Bonchev–Trinajstić information content (AvgIpc) is 3.02. The molecule has 0 radical (unpaired) electrons. The van der Waals surface area contributed by atoms with Crippen molar-refractivity contribution in [3.8, 4) is 0 Å². The molecule has 0 saturated carbocycles. The molecule has 0 aromatic carbocycles. The maximum atomic E-state index is 12.3. The smallest absolute Gasteiger partial charge is 0.316 e. The summed E-state index contributed by atoms with van der Waals surface area (Å²) in [6.07, 6.45) is 0. The molecule has 0 unspecified atom stereocenters. The molecule has 9 nitrogen and oxygen atoms in total. The Kier molecular flexibility index (Phi) is 5.03. The third-order valence-corrected chi connectivity index (χ3v) is 6.06. The molecule has 120 valence electrons. The molecule has 2 rings (SSSR count). The normalized spacial score (nSPS) is 11.4. The fourth-order valence-corrected chi connectivity index (χ4v) is 4.66. The minimum absolute atomic E-state index is 0.0218. The van der Waals surface area contributed by atoms with Crippen molar-refractivity contribution in [2.24, 2.45) is 0 Å². The predicted octanol–water partition coefficient (Wildman–Crippen LogP) is 1.21. The Morgan fingerprint density at radius 2 is 2.14 bits per heavy atom. The number of hydrogen-bond acceptors (Lipinski definition) is 10. The molecule has 0 saturated heterocycles. The first-order chi connectivity index (χ1) is 10.3. The maximum Gasteiger partial charge on any atom is 0.316 e. The molecule has 0 fully saturated rings. The van der Waals surface area contributed by atoms with Gasteiger partial charge in [-0.1, -0.05) is 28.3 Å². The van der Waals surface area contributed by atoms with Crippen molar-refractivity contribution in [1.82, 2.24) is 15.4 Å². The zero-order valence-corrected chi connectivity index (χ0v) is 14.3. The predicted molar refractivity (Wildman–Crippen MR) is 79.4 cm³/mol. The Morgan fingerprint density at radius 1 is 1.41 bits per heavy atom. The summed E-state index contributed by atoms with van der Waals surface area (Å²) in [5, 5.41) is 11.2. The topological polar surface area (TPSA) is 124 Å². The van der Waals surface area contributed by atoms with Crippen LogP contribution in [-0.2, 0) is 19.6 Å². The lowest BCUT2D eigenvalue weighted by Crippen LogP contribution is -2.14. The van der Waals surface area contributed by atoms with Gasteiger partial charge in [-0.15, -0.1) is 10.2 Å². The van der Waals surface area contributed by atoms with Gasteiger partial charge in [0, 0.05) is 0 Å². The van der Waals surface area contributed by atoms with Gasteiger partial charge in [-0.2, -0.15) is 0 Å². The van der Waals surface area contributed by atoms with Crippen molar-refractivity contribution >= 4 is 44.2 Å². The second-order valence-electron chi connectivity index (χ2n) is 4.00. The summed E-state index contributed by atoms with van der Waals surface area (Å²) in [5.41, 5.74) is 0.259. The van der Waals surface area contributed by atoms with Gasteiger partial charge in [0.15, 0.2) is 15.0 Å². The lowest BCUT2D eigenvalue weighted by molar-refractivity contribution is -0.137. The highest BCUT2D eigenvalue weighted by Gasteiger charge is 2.25. The Bertz CT molecular complexity index is 763. The highest BCUT2D eigenvalue weighted by molar-refractivity contribution is 8.01. The van der Waals surface area contributed by atoms with Crippen LogP contribution >= 0.6 is 23.1 Å². The molecule has 0 atom stereocenters. The lowest BCUT2D eigenvalue weighted by atomic mass is 10.4. The fraction of sp³-hybridized carbons (Fsp3) is 0.400. The van der Waals surface area contributed by atoms with E-state index >= 15 is 0 Å². The Labute approximate surface area is 134 Å². The largest absolute Gasteiger partial charge is 0.468 e. The summed E-state index contributed by atoms with van der Waals surface area (Å²) >= 11 is 2.12. The van der Waals surface area contributed by atoms with E-state index in [1.165, 1.54) is 21.0 Å². The van der Waals surface area contributed by atoms with Crippen LogP contribution in [0.4, 0.5) is 5.13 Å². The van der Waals surface area contributed by atoms with Crippen LogP contribution in [0.3, 0.4) is 0 Å². The zero-order valence-electron chi connectivity index (χ0n) is 11.8. The van der Waals surface area contributed by atoms with E-state index in [0.717, 1.165) is 23.1 Å². The molecule has 2 heterocycles. The number of rotatable bonds is 6. The number of nitrogens with zero attached hydrogens (tertiary/aromatic N) is 3. The second kappa shape index (κ2) is 6.62. The van der Waals surface area contributed by atoms with Crippen molar-refractivity contribution in [1.29, 1.82) is 0 Å². The van der Waals surface area contributed by atoms with Gasteiger partial charge in [-0.25, -0.2) is 8.42 Å². The molecule has 0 aliphatic carbocycles. The average molecular weight is 364 g/mol. The molecule has 0 aliphatic heterocycles. The first kappa shape index (κ1) is 16.7. The molecule has 22 heavy (non-hydrogen) atoms. The van der Waals surface area contributed by atoms with E-state index in [1.807, 2.05) is 0 Å². The number of ether oxygens (including phenoxy) is 1. The summed E-state index contributed by atoms with van der Waals surface area (Å²) < 4.78 is 36.7. The molecule has 0 bridgehead atoms. The molecular formula is C10H12N4O5S3. The molecular weight excluding hydrogens is 352 g/mol. The van der Waals surface area contributed by atoms with Crippen LogP contribution in [0, 0.1) is 13.8 Å². The Balaban J connectivity index is 2.11. The number of aryl methyl sites for hydroxylation is 2. The van der Waals surface area contributed by atoms with E-state index in [2.05, 4.69) is 24.8 Å². The highest BCUT2D eigenvalue weighted by atomic mass is 32.2. The third-order valence-electron chi connectivity index (χ3n) is 2.41. The van der Waals surface area contributed by atoms with E-state index in [4.69, 9.17) is 4.52 Å². The maximum absolute atomic E-state index is 12.3. The van der Waals surface area contributed by atoms with Crippen molar-refractivity contribution in [2.45, 2.75) is 23.1 Å². The first-order valence-electron chi connectivity index (χ1n) is 5.82. The summed E-state index contributed by atoms with van der Waals surface area (Å²) in [6, 6.07) is 0. The van der Waals surface area contributed by atoms with E-state index in [0.29, 0.717) is 4.34 Å². The van der Waals surface area contributed by atoms with Gasteiger partial charge in [0.1, 0.15) is 5.69 Å². The van der Waals surface area contributed by atoms with Gasteiger partial charge in [0.05, 0.1) is 12.9 Å². The molecule has 2 aromatic rings. The summed E-state index contributed by atoms with van der Waals surface area (Å²) in [6.45, 7) is 3.04. The van der Waals surface area contributed by atoms with Gasteiger partial charge in [0.2, 0.25) is 5.13 Å². The van der Waals surface area contributed by atoms with E-state index in [-0.39, 0.29) is 27.2 Å². The van der Waals surface area contributed by atoms with Crippen LogP contribution in [0.5, 0.6) is 0 Å². The van der Waals surface area contributed by atoms with Crippen molar-refractivity contribution < 1.29 is 22.5 Å². The van der Waals surface area contributed by atoms with E-state index < -0.39 is 16.0 Å². The van der Waals surface area contributed by atoms with Crippen molar-refractivity contribution in [2.75, 3.05) is 17.6 Å². The van der Waals surface area contributed by atoms with E-state index in [1.54, 1.807) is 0 Å². The van der Waals surface area contributed by atoms with Gasteiger partial charge in [-0.3, -0.25) is 9.52 Å². The van der Waals surface area contributed by atoms with Crippen LogP contribution in [0.1, 0.15) is 11.5 Å². The number of carbonyl (C=O) groups is 1. The Hall–Kier alpha value is -1.66. The number of esters is 1. The monoisotopic (exact) mass is 364 g/mol. The molecule has 12 heteroatoms. The number of nitrogens with one attached hydrogen (secondary N) is 1. The third kappa shape index (κ3) is 3.75. The van der Waals surface area contributed by atoms with Gasteiger partial charge in [0.25, 0.3) is 10.0 Å². The van der Waals surface area contributed by atoms with Gasteiger partial charge >= 0.3 is 5.97 Å². The first-order valence-corrected chi connectivity index (χ1v) is 9.11. The summed E-state index contributed by atoms with van der Waals surface area (Å²) in [5.74, 6) is -0.144. The molecule has 2 aromatic heterocycles. The zero-order chi connectivity index (χ0) is 16.3. The van der Waals surface area contributed by atoms with Crippen LogP contribution in [0.15, 0.2) is 13.8 Å². The summed E-state index contributed by atoms with van der Waals surface area (Å²) in [7, 11) is -2.57. The molecule has 1 N–H and O–H groups in total. The van der Waals surface area contributed by atoms with Gasteiger partial charge < -0.3 is 9.26 Å². The number of methoxy groups -OCH3 is 1. The van der Waals surface area contributed by atoms with Crippen LogP contribution in [-0.4, -0.2) is 42.6 Å². The van der Waals surface area contributed by atoms with Gasteiger partial charge in [-0.05, 0) is 13.8 Å². The van der Waals surface area contributed by atoms with Crippen molar-refractivity contribution in [3.63, 3.8) is 0 Å². The number of anilines is 1. The highest BCUT2D eigenvalue weighted by Crippen LogP contribution is 2.28. The van der Waals surface area contributed by atoms with E-state index in [9.17, 15) is 13.2 Å². The number of carbonyl (C=O) groups excluding carboxylic acids is 1. The summed E-state index contributed by atoms with van der Waals surface area (Å²) in [4.78, 5) is 11.0. The molecule has 0 spiro atoms. The van der Waals surface area contributed by atoms with Crippen molar-refractivity contribution in [3.05, 3.63) is 11.5 Å². The lowest BCUT2D eigenvalue weighted by Gasteiger charge is -2.02. The SMILES string of the molecule is COC(=O)CSc1nnc(NS(=O)(=O)c2c(C)noc2C)s1. The fourth-order valence-electron chi connectivity index (χ4n) is 1.51. The standard InChI is InChI=1S/C10H12N4O5S3/c1-5-8(6(2)19-13-5)22(16,17)14-9-11-12-10(21-9)20-4-7(15)18-3/h4H2,1-3H3,(H,11,14). The van der Waals surface area contributed by atoms with Crippen LogP contribution < -0.4 is 4.72 Å². The second-order valence-corrected chi connectivity index (χ2v) is 7.82. The van der Waals surface area contributed by atoms with Crippen LogP contribution in [0.25, 0.3) is 0 Å². The minimum atomic E-state index is -3.85. The number of hydrogen-bond donors (Lipinski definition) is 1. The molecule has 0 amide bonds. The number of thioether (sulfide) groups is 1. The number of sulfonamides is 1. The quantitative estimate of drug-likeness (QED) is 0.594. The number of aromatic nitrogens is 3.